The number of rotatable bonds is 3. The third kappa shape index (κ3) is 3.90. The molecule has 1 aliphatic heterocycles. The lowest BCUT2D eigenvalue weighted by molar-refractivity contribution is 0.0789. The van der Waals surface area contributed by atoms with Gasteiger partial charge in [0.25, 0.3) is 0 Å². The Labute approximate surface area is 161 Å². The Kier molecular flexibility index (Phi) is 4.73. The number of hydroxylamine groups is 1. The Balaban J connectivity index is 1.45. The van der Waals surface area contributed by atoms with Gasteiger partial charge in [0.2, 0.25) is 0 Å². The maximum atomic E-state index is 6.13. The minimum absolute atomic E-state index is 0.118. The van der Waals surface area contributed by atoms with E-state index in [2.05, 4.69) is 98.9 Å². The zero-order valence-corrected chi connectivity index (χ0v) is 16.1. The predicted octanol–water partition coefficient (Wildman–Crippen LogP) is 5.65. The molecular weight excluding hydrogens is 332 g/mol. The molecule has 1 aliphatic rings. The molecule has 1 N–H and O–H groups in total. The van der Waals surface area contributed by atoms with Crippen LogP contribution in [0.2, 0.25) is 0 Å². The summed E-state index contributed by atoms with van der Waals surface area (Å²) in [6.45, 7) is 7.35. The van der Waals surface area contributed by atoms with Gasteiger partial charge in [0.1, 0.15) is 0 Å². The summed E-state index contributed by atoms with van der Waals surface area (Å²) in [4.78, 5) is 6.13. The number of nitrogens with one attached hydrogen (secondary N) is 1. The van der Waals surface area contributed by atoms with Crippen LogP contribution in [0.15, 0.2) is 78.9 Å². The minimum Gasteiger partial charge on any atom is -0.266 e. The van der Waals surface area contributed by atoms with E-state index in [0.717, 1.165) is 11.3 Å². The van der Waals surface area contributed by atoms with Gasteiger partial charge in [0.05, 0.1) is 12.4 Å². The number of nitrogens with zero attached hydrogens (tertiary/aromatic N) is 1. The van der Waals surface area contributed by atoms with Crippen molar-refractivity contribution in [3.63, 3.8) is 0 Å². The van der Waals surface area contributed by atoms with E-state index >= 15 is 0 Å². The van der Waals surface area contributed by atoms with Gasteiger partial charge in [-0.3, -0.25) is 5.32 Å². The minimum atomic E-state index is -0.118. The number of hydrogen-bond acceptors (Lipinski definition) is 3. The van der Waals surface area contributed by atoms with Gasteiger partial charge >= 0.3 is 0 Å². The normalized spacial score (nSPS) is 17.3. The molecule has 3 aromatic rings. The first kappa shape index (κ1) is 17.8. The zero-order chi connectivity index (χ0) is 18.9. The van der Waals surface area contributed by atoms with E-state index < -0.39 is 0 Å². The van der Waals surface area contributed by atoms with E-state index in [4.69, 9.17) is 4.84 Å². The molecule has 3 nitrogen and oxygen atoms in total. The van der Waals surface area contributed by atoms with Crippen LogP contribution < -0.4 is 10.4 Å². The molecule has 1 atom stereocenters. The third-order valence-corrected chi connectivity index (χ3v) is 4.99. The summed E-state index contributed by atoms with van der Waals surface area (Å²) in [5, 5.41) is 5.34. The molecule has 0 aromatic heterocycles. The quantitative estimate of drug-likeness (QED) is 0.655. The average Bonchev–Trinajstić information content (AvgIpc) is 3.18. The van der Waals surface area contributed by atoms with E-state index in [-0.39, 0.29) is 11.6 Å². The number of anilines is 1. The summed E-state index contributed by atoms with van der Waals surface area (Å²) < 4.78 is 0. The molecule has 3 heteroatoms. The largest absolute Gasteiger partial charge is 0.266 e. The summed E-state index contributed by atoms with van der Waals surface area (Å²) in [7, 11) is 0. The van der Waals surface area contributed by atoms with E-state index in [1.807, 2.05) is 11.1 Å². The molecule has 138 valence electrons. The van der Waals surface area contributed by atoms with Crippen LogP contribution in [0, 0.1) is 0 Å². The van der Waals surface area contributed by atoms with E-state index in [9.17, 15) is 0 Å². The Morgan fingerprint density at radius 2 is 1.44 bits per heavy atom. The molecule has 1 fully saturated rings. The number of hydrogen-bond donors (Lipinski definition) is 1. The van der Waals surface area contributed by atoms with Crippen molar-refractivity contribution in [3.05, 3.63) is 90.0 Å². The Bertz CT molecular complexity index is 880. The van der Waals surface area contributed by atoms with Gasteiger partial charge in [0.15, 0.2) is 6.23 Å². The summed E-state index contributed by atoms with van der Waals surface area (Å²) in [5.74, 6) is 0. The van der Waals surface area contributed by atoms with Crippen LogP contribution in [0.3, 0.4) is 0 Å². The van der Waals surface area contributed by atoms with Crippen LogP contribution >= 0.6 is 0 Å². The summed E-state index contributed by atoms with van der Waals surface area (Å²) in [6, 6.07) is 27.6. The fourth-order valence-corrected chi connectivity index (χ4v) is 3.31. The SMILES string of the molecule is CC(C)(C)c1ccc(C2NCN(c3ccc(-c4ccccc4)cc3)O2)cc1. The maximum absolute atomic E-state index is 6.13. The summed E-state index contributed by atoms with van der Waals surface area (Å²) in [6.07, 6.45) is -0.118. The molecule has 0 radical (unpaired) electrons. The van der Waals surface area contributed by atoms with E-state index in [1.54, 1.807) is 0 Å². The molecule has 27 heavy (non-hydrogen) atoms. The topological polar surface area (TPSA) is 24.5 Å². The Morgan fingerprint density at radius 1 is 0.815 bits per heavy atom. The van der Waals surface area contributed by atoms with Crippen LogP contribution in [-0.4, -0.2) is 6.67 Å². The molecule has 4 rings (SSSR count). The van der Waals surface area contributed by atoms with Crippen LogP contribution in [-0.2, 0) is 10.3 Å². The second kappa shape index (κ2) is 7.18. The van der Waals surface area contributed by atoms with Crippen LogP contribution in [0.5, 0.6) is 0 Å². The molecular formula is C24H26N2O. The highest BCUT2D eigenvalue weighted by molar-refractivity contribution is 5.66. The van der Waals surface area contributed by atoms with Gasteiger partial charge in [-0.2, -0.15) is 0 Å². The first-order chi connectivity index (χ1) is 13.0. The fourth-order valence-electron chi connectivity index (χ4n) is 3.31. The van der Waals surface area contributed by atoms with Crippen molar-refractivity contribution >= 4 is 5.69 Å². The second-order valence-electron chi connectivity index (χ2n) is 8.01. The van der Waals surface area contributed by atoms with Crippen molar-refractivity contribution in [2.45, 2.75) is 32.4 Å². The third-order valence-electron chi connectivity index (χ3n) is 4.99. The first-order valence-corrected chi connectivity index (χ1v) is 9.44. The van der Waals surface area contributed by atoms with Crippen molar-refractivity contribution in [2.75, 3.05) is 11.7 Å². The van der Waals surface area contributed by atoms with Crippen molar-refractivity contribution in [1.82, 2.24) is 5.32 Å². The molecule has 0 bridgehead atoms. The summed E-state index contributed by atoms with van der Waals surface area (Å²) in [5.41, 5.74) is 6.12. The lowest BCUT2D eigenvalue weighted by Gasteiger charge is -2.20. The van der Waals surface area contributed by atoms with Gasteiger partial charge in [0, 0.05) is 0 Å². The van der Waals surface area contributed by atoms with Gasteiger partial charge in [-0.15, -0.1) is 0 Å². The fraction of sp³-hybridized carbons (Fsp3) is 0.250. The second-order valence-corrected chi connectivity index (χ2v) is 8.01. The van der Waals surface area contributed by atoms with E-state index in [0.29, 0.717) is 6.67 Å². The van der Waals surface area contributed by atoms with Crippen LogP contribution in [0.4, 0.5) is 5.69 Å². The van der Waals surface area contributed by atoms with Crippen molar-refractivity contribution < 1.29 is 4.84 Å². The average molecular weight is 358 g/mol. The lowest BCUT2D eigenvalue weighted by Crippen LogP contribution is -2.19. The molecule has 1 heterocycles. The Hall–Kier alpha value is -2.62. The summed E-state index contributed by atoms with van der Waals surface area (Å²) >= 11 is 0. The van der Waals surface area contributed by atoms with Crippen LogP contribution in [0.25, 0.3) is 11.1 Å². The maximum Gasteiger partial charge on any atom is 0.163 e. The highest BCUT2D eigenvalue weighted by atomic mass is 16.7. The molecule has 1 unspecified atom stereocenters. The van der Waals surface area contributed by atoms with Gasteiger partial charge in [-0.05, 0) is 39.8 Å². The van der Waals surface area contributed by atoms with Gasteiger partial charge in [-0.1, -0.05) is 87.5 Å². The molecule has 0 amide bonds. The smallest absolute Gasteiger partial charge is 0.163 e. The molecule has 0 aliphatic carbocycles. The van der Waals surface area contributed by atoms with Gasteiger partial charge < -0.3 is 0 Å². The highest BCUT2D eigenvalue weighted by Gasteiger charge is 2.25. The highest BCUT2D eigenvalue weighted by Crippen LogP contribution is 2.29. The van der Waals surface area contributed by atoms with E-state index in [1.165, 1.54) is 16.7 Å². The standard InChI is InChI=1S/C24H26N2O/c1-24(2,3)21-13-9-20(10-14-21)23-25-17-26(27-23)22-15-11-19(12-16-22)18-7-5-4-6-8-18/h4-16,23,25H,17H2,1-3H3. The first-order valence-electron chi connectivity index (χ1n) is 9.44. The Morgan fingerprint density at radius 3 is 2.07 bits per heavy atom. The molecule has 0 saturated carbocycles. The molecule has 0 spiro atoms. The van der Waals surface area contributed by atoms with Gasteiger partial charge in [-0.25, -0.2) is 9.90 Å². The monoisotopic (exact) mass is 358 g/mol. The molecule has 1 saturated heterocycles. The van der Waals surface area contributed by atoms with Crippen LogP contribution in [0.1, 0.15) is 38.1 Å². The van der Waals surface area contributed by atoms with Crippen molar-refractivity contribution in [2.24, 2.45) is 0 Å². The van der Waals surface area contributed by atoms with Crippen molar-refractivity contribution in [3.8, 4) is 11.1 Å². The number of benzene rings is 3. The zero-order valence-electron chi connectivity index (χ0n) is 16.1. The predicted molar refractivity (Wildman–Crippen MR) is 111 cm³/mol. The molecule has 3 aromatic carbocycles. The lowest BCUT2D eigenvalue weighted by atomic mass is 9.86. The van der Waals surface area contributed by atoms with Crippen molar-refractivity contribution in [1.29, 1.82) is 0 Å².